The molecule has 1 aromatic carbocycles. The Bertz CT molecular complexity index is 338. The molecule has 0 radical (unpaired) electrons. The summed E-state index contributed by atoms with van der Waals surface area (Å²) in [5, 5.41) is 0. The molecule has 1 saturated carbocycles. The van der Waals surface area contributed by atoms with Crippen molar-refractivity contribution in [3.05, 3.63) is 34.3 Å². The SMILES string of the molecule is ClCCN(Cc1ccccc1Br)C1CCC1. The molecule has 16 heavy (non-hydrogen) atoms. The van der Waals surface area contributed by atoms with Gasteiger partial charge in [-0.05, 0) is 24.5 Å². The Balaban J connectivity index is 2.01. The molecule has 1 fully saturated rings. The molecule has 0 unspecified atom stereocenters. The molecule has 1 aliphatic carbocycles. The quantitative estimate of drug-likeness (QED) is 0.742. The van der Waals surface area contributed by atoms with Crippen LogP contribution in [0, 0.1) is 0 Å². The lowest BCUT2D eigenvalue weighted by Crippen LogP contribution is -2.40. The Morgan fingerprint density at radius 2 is 2.06 bits per heavy atom. The van der Waals surface area contributed by atoms with Crippen molar-refractivity contribution in [1.82, 2.24) is 4.90 Å². The first-order chi connectivity index (χ1) is 7.81. The van der Waals surface area contributed by atoms with Gasteiger partial charge in [0.25, 0.3) is 0 Å². The van der Waals surface area contributed by atoms with Crippen LogP contribution in [0.15, 0.2) is 28.7 Å². The van der Waals surface area contributed by atoms with Gasteiger partial charge < -0.3 is 0 Å². The number of benzene rings is 1. The zero-order chi connectivity index (χ0) is 11.4. The van der Waals surface area contributed by atoms with Gasteiger partial charge in [0, 0.05) is 29.5 Å². The number of hydrogen-bond acceptors (Lipinski definition) is 1. The number of nitrogens with zero attached hydrogens (tertiary/aromatic N) is 1. The molecule has 0 saturated heterocycles. The molecule has 0 N–H and O–H groups in total. The summed E-state index contributed by atoms with van der Waals surface area (Å²) in [6.45, 7) is 2.01. The van der Waals surface area contributed by atoms with E-state index in [2.05, 4.69) is 45.1 Å². The minimum Gasteiger partial charge on any atom is -0.295 e. The van der Waals surface area contributed by atoms with E-state index in [-0.39, 0.29) is 0 Å². The van der Waals surface area contributed by atoms with E-state index in [4.69, 9.17) is 11.6 Å². The van der Waals surface area contributed by atoms with E-state index in [1.807, 2.05) is 0 Å². The van der Waals surface area contributed by atoms with Gasteiger partial charge in [-0.1, -0.05) is 40.5 Å². The first kappa shape index (κ1) is 12.4. The van der Waals surface area contributed by atoms with E-state index in [0.717, 1.165) is 25.0 Å². The Hall–Kier alpha value is -0.0500. The van der Waals surface area contributed by atoms with Gasteiger partial charge >= 0.3 is 0 Å². The van der Waals surface area contributed by atoms with Gasteiger partial charge in [0.15, 0.2) is 0 Å². The molecule has 88 valence electrons. The summed E-state index contributed by atoms with van der Waals surface area (Å²) in [6.07, 6.45) is 4.04. The first-order valence-electron chi connectivity index (χ1n) is 5.84. The summed E-state index contributed by atoms with van der Waals surface area (Å²) >= 11 is 9.48. The third kappa shape index (κ3) is 2.99. The summed E-state index contributed by atoms with van der Waals surface area (Å²) in [5.74, 6) is 0.723. The topological polar surface area (TPSA) is 3.24 Å². The summed E-state index contributed by atoms with van der Waals surface area (Å²) in [7, 11) is 0. The van der Waals surface area contributed by atoms with Crippen LogP contribution >= 0.6 is 27.5 Å². The van der Waals surface area contributed by atoms with Crippen molar-refractivity contribution in [1.29, 1.82) is 0 Å². The molecule has 0 aliphatic heterocycles. The standard InChI is InChI=1S/C13H17BrClN/c14-13-7-2-1-4-11(13)10-16(9-8-15)12-5-3-6-12/h1-2,4,7,12H,3,5-6,8-10H2. The fourth-order valence-corrected chi connectivity index (χ4v) is 2.72. The van der Waals surface area contributed by atoms with E-state index < -0.39 is 0 Å². The van der Waals surface area contributed by atoms with Gasteiger partial charge in [0.2, 0.25) is 0 Å². The van der Waals surface area contributed by atoms with Crippen LogP contribution in [0.1, 0.15) is 24.8 Å². The maximum atomic E-state index is 5.87. The normalized spacial score (nSPS) is 16.4. The van der Waals surface area contributed by atoms with Crippen molar-refractivity contribution in [3.63, 3.8) is 0 Å². The average molecular weight is 303 g/mol. The van der Waals surface area contributed by atoms with Crippen LogP contribution in [-0.4, -0.2) is 23.4 Å². The highest BCUT2D eigenvalue weighted by molar-refractivity contribution is 9.10. The van der Waals surface area contributed by atoms with Gasteiger partial charge in [-0.3, -0.25) is 4.90 Å². The first-order valence-corrected chi connectivity index (χ1v) is 7.17. The molecule has 1 aromatic rings. The fraction of sp³-hybridized carbons (Fsp3) is 0.538. The lowest BCUT2D eigenvalue weighted by Gasteiger charge is -2.37. The highest BCUT2D eigenvalue weighted by Gasteiger charge is 2.24. The van der Waals surface area contributed by atoms with Gasteiger partial charge in [0.1, 0.15) is 0 Å². The monoisotopic (exact) mass is 301 g/mol. The molecular formula is C13H17BrClN. The Morgan fingerprint density at radius 3 is 2.62 bits per heavy atom. The van der Waals surface area contributed by atoms with Gasteiger partial charge in [-0.2, -0.15) is 0 Å². The van der Waals surface area contributed by atoms with Crippen LogP contribution < -0.4 is 0 Å². The van der Waals surface area contributed by atoms with Crippen LogP contribution in [0.4, 0.5) is 0 Å². The lowest BCUT2D eigenvalue weighted by atomic mass is 9.91. The second kappa shape index (κ2) is 6.04. The predicted molar refractivity (Wildman–Crippen MR) is 72.9 cm³/mol. The molecule has 0 aromatic heterocycles. The molecule has 2 rings (SSSR count). The fourth-order valence-electron chi connectivity index (χ4n) is 2.10. The summed E-state index contributed by atoms with van der Waals surface area (Å²) < 4.78 is 1.20. The van der Waals surface area contributed by atoms with Crippen molar-refractivity contribution in [2.75, 3.05) is 12.4 Å². The molecule has 0 bridgehead atoms. The number of hydrogen-bond donors (Lipinski definition) is 0. The molecule has 0 amide bonds. The molecule has 0 spiro atoms. The maximum absolute atomic E-state index is 5.87. The van der Waals surface area contributed by atoms with Gasteiger partial charge in [-0.25, -0.2) is 0 Å². The van der Waals surface area contributed by atoms with Crippen LogP contribution in [0.5, 0.6) is 0 Å². The van der Waals surface area contributed by atoms with Crippen molar-refractivity contribution in [3.8, 4) is 0 Å². The van der Waals surface area contributed by atoms with Gasteiger partial charge in [0.05, 0.1) is 0 Å². The zero-order valence-electron chi connectivity index (χ0n) is 9.33. The van der Waals surface area contributed by atoms with Crippen molar-refractivity contribution in [2.45, 2.75) is 31.8 Å². The Morgan fingerprint density at radius 1 is 1.31 bits per heavy atom. The van der Waals surface area contributed by atoms with E-state index in [0.29, 0.717) is 0 Å². The molecular weight excluding hydrogens is 286 g/mol. The Kier molecular flexibility index (Phi) is 4.68. The van der Waals surface area contributed by atoms with Crippen LogP contribution in [-0.2, 0) is 6.54 Å². The molecule has 1 nitrogen and oxygen atoms in total. The number of alkyl halides is 1. The third-order valence-corrected chi connectivity index (χ3v) is 4.24. The van der Waals surface area contributed by atoms with E-state index >= 15 is 0 Å². The number of rotatable bonds is 5. The van der Waals surface area contributed by atoms with Crippen molar-refractivity contribution >= 4 is 27.5 Å². The van der Waals surface area contributed by atoms with Gasteiger partial charge in [-0.15, -0.1) is 11.6 Å². The molecule has 1 aliphatic rings. The maximum Gasteiger partial charge on any atom is 0.0351 e. The average Bonchev–Trinajstić information content (AvgIpc) is 2.19. The third-order valence-electron chi connectivity index (χ3n) is 3.29. The molecule has 3 heteroatoms. The summed E-state index contributed by atoms with van der Waals surface area (Å²) in [5.41, 5.74) is 1.36. The van der Waals surface area contributed by atoms with Crippen LogP contribution in [0.2, 0.25) is 0 Å². The minimum atomic E-state index is 0.723. The summed E-state index contributed by atoms with van der Waals surface area (Å²) in [6, 6.07) is 9.20. The largest absolute Gasteiger partial charge is 0.295 e. The van der Waals surface area contributed by atoms with Crippen LogP contribution in [0.25, 0.3) is 0 Å². The second-order valence-electron chi connectivity index (χ2n) is 4.34. The highest BCUT2D eigenvalue weighted by atomic mass is 79.9. The van der Waals surface area contributed by atoms with Crippen LogP contribution in [0.3, 0.4) is 0 Å². The Labute approximate surface area is 111 Å². The van der Waals surface area contributed by atoms with E-state index in [9.17, 15) is 0 Å². The molecule has 0 heterocycles. The highest BCUT2D eigenvalue weighted by Crippen LogP contribution is 2.27. The second-order valence-corrected chi connectivity index (χ2v) is 5.57. The van der Waals surface area contributed by atoms with E-state index in [1.54, 1.807) is 0 Å². The smallest absolute Gasteiger partial charge is 0.0351 e. The minimum absolute atomic E-state index is 0.723. The van der Waals surface area contributed by atoms with E-state index in [1.165, 1.54) is 29.3 Å². The summed E-state index contributed by atoms with van der Waals surface area (Å²) in [4.78, 5) is 2.51. The predicted octanol–water partition coefficient (Wildman–Crippen LogP) is 4.04. The lowest BCUT2D eigenvalue weighted by molar-refractivity contribution is 0.127. The number of halogens is 2. The van der Waals surface area contributed by atoms with Crippen molar-refractivity contribution in [2.24, 2.45) is 0 Å². The molecule has 0 atom stereocenters. The van der Waals surface area contributed by atoms with Crippen molar-refractivity contribution < 1.29 is 0 Å². The zero-order valence-corrected chi connectivity index (χ0v) is 11.7.